The van der Waals surface area contributed by atoms with Crippen molar-refractivity contribution >= 4 is 23.2 Å². The molecule has 1 fully saturated rings. The number of carbonyl (C=O) groups excluding carboxylic acids is 3. The van der Waals surface area contributed by atoms with E-state index >= 15 is 0 Å². The third-order valence-corrected chi connectivity index (χ3v) is 9.39. The van der Waals surface area contributed by atoms with Gasteiger partial charge in [0.25, 0.3) is 5.91 Å². The second-order valence-corrected chi connectivity index (χ2v) is 11.9. The van der Waals surface area contributed by atoms with E-state index in [0.717, 1.165) is 5.56 Å². The van der Waals surface area contributed by atoms with E-state index < -0.39 is 75.6 Å². The molecule has 3 aromatic carbocycles. The van der Waals surface area contributed by atoms with Crippen LogP contribution in [0, 0.1) is 11.8 Å². The maximum absolute atomic E-state index is 14.4. The minimum Gasteiger partial charge on any atom is -0.508 e. The summed E-state index contributed by atoms with van der Waals surface area (Å²) in [6, 6.07) is 18.6. The molecule has 226 valence electrons. The van der Waals surface area contributed by atoms with E-state index in [0.29, 0.717) is 22.3 Å². The number of aromatic hydroxyl groups is 1. The first kappa shape index (κ1) is 29.3. The molecule has 6 unspecified atom stereocenters. The number of hydrogen-bond acceptors (Lipinski definition) is 9. The number of rotatable bonds is 4. The largest absolute Gasteiger partial charge is 0.508 e. The molecule has 0 heterocycles. The van der Waals surface area contributed by atoms with E-state index in [-0.39, 0.29) is 11.3 Å². The number of hydrogen-bond donors (Lipinski definition) is 6. The molecule has 0 saturated heterocycles. The molecule has 7 N–H and O–H groups in total. The highest BCUT2D eigenvalue weighted by atomic mass is 16.4. The number of fused-ring (bicyclic) bond motifs is 3. The highest BCUT2D eigenvalue weighted by Crippen LogP contribution is 2.58. The number of Topliss-reactive ketones (excluding diaryl/α,β-unsaturated/α-hetero) is 2. The van der Waals surface area contributed by atoms with Gasteiger partial charge in [-0.25, -0.2) is 0 Å². The number of carbonyl (C=O) groups is 3. The van der Waals surface area contributed by atoms with Crippen LogP contribution < -0.4 is 5.73 Å². The third kappa shape index (κ3) is 3.81. The minimum absolute atomic E-state index is 0.0544. The van der Waals surface area contributed by atoms with Crippen molar-refractivity contribution in [2.75, 3.05) is 14.1 Å². The van der Waals surface area contributed by atoms with E-state index in [1.54, 1.807) is 37.3 Å². The molecule has 44 heavy (non-hydrogen) atoms. The maximum atomic E-state index is 14.4. The van der Waals surface area contributed by atoms with Crippen LogP contribution in [0.2, 0.25) is 0 Å². The Hall–Kier alpha value is -4.77. The lowest BCUT2D eigenvalue weighted by atomic mass is 9.54. The van der Waals surface area contributed by atoms with Crippen LogP contribution in [0.1, 0.15) is 24.0 Å². The molecule has 0 bridgehead atoms. The van der Waals surface area contributed by atoms with Gasteiger partial charge < -0.3 is 31.3 Å². The van der Waals surface area contributed by atoms with E-state index in [2.05, 4.69) is 0 Å². The fraction of sp³-hybridized carbons (Fsp3) is 0.265. The summed E-state index contributed by atoms with van der Waals surface area (Å²) >= 11 is 0. The normalized spacial score (nSPS) is 28.1. The van der Waals surface area contributed by atoms with Crippen LogP contribution in [0.5, 0.6) is 5.75 Å². The van der Waals surface area contributed by atoms with Crippen molar-refractivity contribution < 1.29 is 39.9 Å². The molecule has 10 nitrogen and oxygen atoms in total. The number of ketones is 2. The van der Waals surface area contributed by atoms with Crippen LogP contribution >= 0.6 is 0 Å². The number of benzene rings is 3. The van der Waals surface area contributed by atoms with E-state index in [1.807, 2.05) is 36.4 Å². The van der Waals surface area contributed by atoms with Crippen LogP contribution in [0.4, 0.5) is 0 Å². The van der Waals surface area contributed by atoms with Gasteiger partial charge in [0.15, 0.2) is 11.4 Å². The zero-order valence-electron chi connectivity index (χ0n) is 24.2. The molecule has 6 atom stereocenters. The van der Waals surface area contributed by atoms with Gasteiger partial charge in [-0.05, 0) is 48.3 Å². The number of nitrogens with two attached hydrogens (primary N) is 1. The lowest BCUT2D eigenvalue weighted by Gasteiger charge is -2.54. The van der Waals surface area contributed by atoms with Crippen molar-refractivity contribution in [3.8, 4) is 28.0 Å². The number of amides is 1. The third-order valence-electron chi connectivity index (χ3n) is 9.39. The number of nitrogens with zero attached hydrogens (tertiary/aromatic N) is 1. The average Bonchev–Trinajstić information content (AvgIpc) is 2.99. The van der Waals surface area contributed by atoms with Crippen LogP contribution in [0.25, 0.3) is 28.0 Å². The van der Waals surface area contributed by atoms with Crippen molar-refractivity contribution in [3.05, 3.63) is 94.8 Å². The number of primary amides is 1. The number of phenols is 1. The van der Waals surface area contributed by atoms with Crippen molar-refractivity contribution in [2.45, 2.75) is 30.6 Å². The highest BCUT2D eigenvalue weighted by Gasteiger charge is 2.68. The first-order chi connectivity index (χ1) is 20.8. The lowest BCUT2D eigenvalue weighted by molar-refractivity contribution is -0.169. The minimum atomic E-state index is -2.97. The fourth-order valence-electron chi connectivity index (χ4n) is 7.46. The van der Waals surface area contributed by atoms with Crippen molar-refractivity contribution in [1.82, 2.24) is 4.90 Å². The summed E-state index contributed by atoms with van der Waals surface area (Å²) in [6.07, 6.45) is -1.68. The monoisotopic (exact) mass is 596 g/mol. The number of phenolic OH excluding ortho intramolecular Hbond substituents is 1. The van der Waals surface area contributed by atoms with E-state index in [9.17, 15) is 39.9 Å². The van der Waals surface area contributed by atoms with E-state index in [1.165, 1.54) is 19.0 Å². The van der Waals surface area contributed by atoms with Gasteiger partial charge in [-0.1, -0.05) is 67.6 Å². The predicted molar refractivity (Wildman–Crippen MR) is 161 cm³/mol. The van der Waals surface area contributed by atoms with Crippen molar-refractivity contribution in [2.24, 2.45) is 17.6 Å². The maximum Gasteiger partial charge on any atom is 0.255 e. The quantitative estimate of drug-likeness (QED) is 0.247. The van der Waals surface area contributed by atoms with Crippen LogP contribution in [0.15, 0.2) is 83.6 Å². The molecular formula is C34H32N2O8. The zero-order chi connectivity index (χ0) is 31.8. The van der Waals surface area contributed by atoms with Gasteiger partial charge in [0.05, 0.1) is 23.6 Å². The lowest BCUT2D eigenvalue weighted by Crippen LogP contribution is -2.70. The first-order valence-electron chi connectivity index (χ1n) is 14.2. The van der Waals surface area contributed by atoms with Gasteiger partial charge in [0.1, 0.15) is 22.8 Å². The first-order valence-corrected chi connectivity index (χ1v) is 14.2. The molecule has 0 aromatic heterocycles. The Kier molecular flexibility index (Phi) is 6.77. The van der Waals surface area contributed by atoms with Gasteiger partial charge >= 0.3 is 0 Å². The van der Waals surface area contributed by atoms with Gasteiger partial charge in [0, 0.05) is 17.1 Å². The molecule has 0 radical (unpaired) electrons. The van der Waals surface area contributed by atoms with Gasteiger partial charge in [-0.2, -0.15) is 0 Å². The van der Waals surface area contributed by atoms with Gasteiger partial charge in [-0.3, -0.25) is 19.3 Å². The number of aliphatic hydroxyl groups excluding tert-OH is 3. The Labute approximate surface area is 253 Å². The second kappa shape index (κ2) is 10.2. The molecule has 0 aliphatic heterocycles. The summed E-state index contributed by atoms with van der Waals surface area (Å²) in [5.74, 6) is -9.30. The summed E-state index contributed by atoms with van der Waals surface area (Å²) in [5, 5.41) is 58.7. The fourth-order valence-corrected chi connectivity index (χ4v) is 7.46. The van der Waals surface area contributed by atoms with Crippen LogP contribution in [-0.4, -0.2) is 79.7 Å². The summed E-state index contributed by atoms with van der Waals surface area (Å²) in [5.41, 5.74) is 3.85. The average molecular weight is 597 g/mol. The van der Waals surface area contributed by atoms with E-state index in [4.69, 9.17) is 5.73 Å². The topological polar surface area (TPSA) is 182 Å². The molecule has 3 aromatic rings. The molecule has 6 rings (SSSR count). The molecule has 3 aliphatic carbocycles. The Morgan fingerprint density at radius 3 is 1.98 bits per heavy atom. The smallest absolute Gasteiger partial charge is 0.255 e. The standard InChI is InChI=1S/C34H32N2O8/c1-15-20-18(16-10-6-4-7-11-16)14-19(17-12-8-5-9-13-17)27(37)22(20)28(38)23-21(15)29(39)25-26(36(2)3)30(40)24(33(35)43)32(42)34(25,44)31(23)41/h4-15,21,25-26,29,37-39,42,44H,1-3H3,(H2,35,43). The molecule has 0 spiro atoms. The molecular weight excluding hydrogens is 564 g/mol. The number of aliphatic hydroxyl groups is 4. The Morgan fingerprint density at radius 1 is 0.909 bits per heavy atom. The summed E-state index contributed by atoms with van der Waals surface area (Å²) in [7, 11) is 2.94. The van der Waals surface area contributed by atoms with Crippen LogP contribution in [0.3, 0.4) is 0 Å². The van der Waals surface area contributed by atoms with Crippen molar-refractivity contribution in [3.63, 3.8) is 0 Å². The van der Waals surface area contributed by atoms with Gasteiger partial charge in [0.2, 0.25) is 5.78 Å². The predicted octanol–water partition coefficient (Wildman–Crippen LogP) is 2.83. The van der Waals surface area contributed by atoms with Crippen LogP contribution in [-0.2, 0) is 14.4 Å². The highest BCUT2D eigenvalue weighted by molar-refractivity contribution is 6.24. The summed E-state index contributed by atoms with van der Waals surface area (Å²) in [4.78, 5) is 41.4. The Balaban J connectivity index is 1.69. The molecule has 10 heteroatoms. The van der Waals surface area contributed by atoms with Gasteiger partial charge in [-0.15, -0.1) is 0 Å². The van der Waals surface area contributed by atoms with Crippen molar-refractivity contribution in [1.29, 1.82) is 0 Å². The summed E-state index contributed by atoms with van der Waals surface area (Å²) < 4.78 is 0. The Bertz CT molecular complexity index is 1800. The molecule has 3 aliphatic rings. The zero-order valence-corrected chi connectivity index (χ0v) is 24.2. The Morgan fingerprint density at radius 2 is 1.45 bits per heavy atom. The number of likely N-dealkylation sites (N-methyl/N-ethyl adjacent to an activating group) is 1. The molecule has 1 amide bonds. The SMILES string of the molecule is CC1c2c(-c3ccccc3)cc(-c3ccccc3)c(O)c2C(O)=C2C(=O)C3(O)C(O)=C(C(N)=O)C(=O)C(N(C)C)C3C(O)C21. The molecule has 1 saturated carbocycles. The second-order valence-electron chi connectivity index (χ2n) is 11.9. The summed E-state index contributed by atoms with van der Waals surface area (Å²) in [6.45, 7) is 1.73.